The average Bonchev–Trinajstić information content (AvgIpc) is 2.97. The van der Waals surface area contributed by atoms with E-state index in [0.29, 0.717) is 23.7 Å². The molecule has 3 rings (SSSR count). The Kier molecular flexibility index (Phi) is 4.61. The Hall–Kier alpha value is -0.610. The zero-order valence-corrected chi connectivity index (χ0v) is 13.3. The average molecular weight is 341 g/mol. The Morgan fingerprint density at radius 1 is 1.15 bits per heavy atom. The van der Waals surface area contributed by atoms with E-state index < -0.39 is 0 Å². The number of rotatable bonds is 3. The van der Waals surface area contributed by atoms with Gasteiger partial charge in [0.1, 0.15) is 5.82 Å². The van der Waals surface area contributed by atoms with Crippen molar-refractivity contribution in [1.82, 2.24) is 5.32 Å². The summed E-state index contributed by atoms with van der Waals surface area (Å²) in [6.45, 7) is 1.14. The highest BCUT2D eigenvalue weighted by Crippen LogP contribution is 2.35. The van der Waals surface area contributed by atoms with Crippen molar-refractivity contribution in [1.29, 1.82) is 0 Å². The van der Waals surface area contributed by atoms with Crippen LogP contribution in [0.25, 0.3) is 0 Å². The van der Waals surface area contributed by atoms with Gasteiger partial charge in [-0.1, -0.05) is 18.9 Å². The molecule has 1 saturated carbocycles. The van der Waals surface area contributed by atoms with E-state index in [1.165, 1.54) is 38.2 Å². The number of benzene rings is 1. The molecule has 1 aliphatic carbocycles. The summed E-state index contributed by atoms with van der Waals surface area (Å²) in [6.07, 6.45) is 7.48. The van der Waals surface area contributed by atoms with Crippen LogP contribution in [-0.4, -0.2) is 18.6 Å². The zero-order chi connectivity index (χ0) is 13.9. The third kappa shape index (κ3) is 3.01. The number of nitrogens with one attached hydrogen (secondary N) is 2. The molecule has 0 radical (unpaired) electrons. The SMILES string of the molecule is Fc1cccc(Br)c1NC1CCCCC1C1CCCN1. The van der Waals surface area contributed by atoms with Gasteiger partial charge in [-0.25, -0.2) is 4.39 Å². The molecule has 1 aromatic carbocycles. The van der Waals surface area contributed by atoms with Crippen molar-refractivity contribution in [2.75, 3.05) is 11.9 Å². The normalized spacial score (nSPS) is 30.4. The first-order chi connectivity index (χ1) is 9.75. The number of hydrogen-bond donors (Lipinski definition) is 2. The first kappa shape index (κ1) is 14.3. The molecule has 0 amide bonds. The van der Waals surface area contributed by atoms with Crippen LogP contribution in [0.3, 0.4) is 0 Å². The fraction of sp³-hybridized carbons (Fsp3) is 0.625. The van der Waals surface area contributed by atoms with Crippen molar-refractivity contribution in [2.24, 2.45) is 5.92 Å². The molecule has 4 heteroatoms. The Labute approximate surface area is 128 Å². The predicted octanol–water partition coefficient (Wildman–Crippen LogP) is 4.31. The summed E-state index contributed by atoms with van der Waals surface area (Å²) in [6, 6.07) is 6.16. The third-order valence-corrected chi connectivity index (χ3v) is 5.39. The van der Waals surface area contributed by atoms with Crippen molar-refractivity contribution in [2.45, 2.75) is 50.6 Å². The summed E-state index contributed by atoms with van der Waals surface area (Å²) in [7, 11) is 0. The molecule has 2 fully saturated rings. The molecular formula is C16H22BrFN2. The molecule has 1 aliphatic heterocycles. The van der Waals surface area contributed by atoms with E-state index in [9.17, 15) is 4.39 Å². The van der Waals surface area contributed by atoms with Crippen molar-refractivity contribution >= 4 is 21.6 Å². The predicted molar refractivity (Wildman–Crippen MR) is 84.5 cm³/mol. The second-order valence-electron chi connectivity index (χ2n) is 6.00. The molecule has 110 valence electrons. The van der Waals surface area contributed by atoms with Gasteiger partial charge in [0, 0.05) is 16.6 Å². The van der Waals surface area contributed by atoms with E-state index in [1.807, 2.05) is 6.07 Å². The van der Waals surface area contributed by atoms with E-state index in [0.717, 1.165) is 17.4 Å². The monoisotopic (exact) mass is 340 g/mol. The van der Waals surface area contributed by atoms with E-state index in [2.05, 4.69) is 26.6 Å². The van der Waals surface area contributed by atoms with Gasteiger partial charge in [0.05, 0.1) is 5.69 Å². The zero-order valence-electron chi connectivity index (χ0n) is 11.7. The van der Waals surface area contributed by atoms with Crippen LogP contribution in [0.15, 0.2) is 22.7 Å². The Bertz CT molecular complexity index is 440. The van der Waals surface area contributed by atoms with Crippen LogP contribution in [0.5, 0.6) is 0 Å². The number of hydrogen-bond acceptors (Lipinski definition) is 2. The fourth-order valence-corrected chi connectivity index (χ4v) is 4.17. The van der Waals surface area contributed by atoms with Crippen molar-refractivity contribution in [3.63, 3.8) is 0 Å². The molecule has 0 aromatic heterocycles. The van der Waals surface area contributed by atoms with Crippen LogP contribution in [0, 0.1) is 11.7 Å². The quantitative estimate of drug-likeness (QED) is 0.856. The van der Waals surface area contributed by atoms with E-state index in [1.54, 1.807) is 6.07 Å². The summed E-state index contributed by atoms with van der Waals surface area (Å²) < 4.78 is 14.8. The summed E-state index contributed by atoms with van der Waals surface area (Å²) in [5.41, 5.74) is 0.627. The van der Waals surface area contributed by atoms with Crippen molar-refractivity contribution in [3.05, 3.63) is 28.5 Å². The smallest absolute Gasteiger partial charge is 0.147 e. The number of para-hydroxylation sites is 1. The van der Waals surface area contributed by atoms with Gasteiger partial charge in [-0.15, -0.1) is 0 Å². The van der Waals surface area contributed by atoms with Crippen LogP contribution >= 0.6 is 15.9 Å². The highest BCUT2D eigenvalue weighted by Gasteiger charge is 2.33. The fourth-order valence-electron chi connectivity index (χ4n) is 3.72. The molecule has 2 N–H and O–H groups in total. The minimum atomic E-state index is -0.164. The number of halogens is 2. The molecule has 1 saturated heterocycles. The summed E-state index contributed by atoms with van der Waals surface area (Å²) in [5, 5.41) is 7.11. The van der Waals surface area contributed by atoms with E-state index >= 15 is 0 Å². The van der Waals surface area contributed by atoms with Crippen molar-refractivity contribution < 1.29 is 4.39 Å². The lowest BCUT2D eigenvalue weighted by molar-refractivity contribution is 0.262. The Morgan fingerprint density at radius 3 is 2.75 bits per heavy atom. The van der Waals surface area contributed by atoms with Gasteiger partial charge >= 0.3 is 0 Å². The van der Waals surface area contributed by atoms with E-state index in [4.69, 9.17) is 0 Å². The summed E-state index contributed by atoms with van der Waals surface area (Å²) in [5.74, 6) is 0.459. The molecule has 2 nitrogen and oxygen atoms in total. The summed E-state index contributed by atoms with van der Waals surface area (Å²) >= 11 is 3.46. The maximum Gasteiger partial charge on any atom is 0.147 e. The second kappa shape index (κ2) is 6.44. The molecule has 1 aromatic rings. The van der Waals surface area contributed by atoms with Crippen LogP contribution in [0.2, 0.25) is 0 Å². The highest BCUT2D eigenvalue weighted by molar-refractivity contribution is 9.10. The largest absolute Gasteiger partial charge is 0.379 e. The van der Waals surface area contributed by atoms with Crippen molar-refractivity contribution in [3.8, 4) is 0 Å². The topological polar surface area (TPSA) is 24.1 Å². The maximum absolute atomic E-state index is 14.0. The maximum atomic E-state index is 14.0. The van der Waals surface area contributed by atoms with Gasteiger partial charge in [0.2, 0.25) is 0 Å². The minimum absolute atomic E-state index is 0.164. The van der Waals surface area contributed by atoms with Gasteiger partial charge in [0.15, 0.2) is 0 Å². The van der Waals surface area contributed by atoms with E-state index in [-0.39, 0.29) is 5.82 Å². The third-order valence-electron chi connectivity index (χ3n) is 4.73. The highest BCUT2D eigenvalue weighted by atomic mass is 79.9. The van der Waals surface area contributed by atoms with Gasteiger partial charge in [-0.2, -0.15) is 0 Å². The van der Waals surface area contributed by atoms with Gasteiger partial charge in [-0.3, -0.25) is 0 Å². The van der Waals surface area contributed by atoms with Crippen LogP contribution in [0.4, 0.5) is 10.1 Å². The van der Waals surface area contributed by atoms with Gasteiger partial charge < -0.3 is 10.6 Å². The van der Waals surface area contributed by atoms with Gasteiger partial charge in [-0.05, 0) is 66.2 Å². The molecule has 1 heterocycles. The molecule has 0 spiro atoms. The minimum Gasteiger partial charge on any atom is -0.379 e. The number of anilines is 1. The Balaban J connectivity index is 1.76. The second-order valence-corrected chi connectivity index (χ2v) is 6.85. The van der Waals surface area contributed by atoms with Crippen LogP contribution in [-0.2, 0) is 0 Å². The lowest BCUT2D eigenvalue weighted by Crippen LogP contribution is -2.43. The molecule has 0 bridgehead atoms. The molecule has 2 aliphatic rings. The van der Waals surface area contributed by atoms with Crippen LogP contribution in [0.1, 0.15) is 38.5 Å². The van der Waals surface area contributed by atoms with Crippen LogP contribution < -0.4 is 10.6 Å². The lowest BCUT2D eigenvalue weighted by Gasteiger charge is -2.37. The standard InChI is InChI=1S/C16H22BrFN2/c17-12-6-3-7-13(18)16(12)20-15-8-2-1-5-11(15)14-9-4-10-19-14/h3,6-7,11,14-15,19-20H,1-2,4-5,8-10H2. The molecule has 20 heavy (non-hydrogen) atoms. The molecule has 3 atom stereocenters. The molecular weight excluding hydrogens is 319 g/mol. The first-order valence-electron chi connectivity index (χ1n) is 7.69. The lowest BCUT2D eigenvalue weighted by atomic mass is 9.79. The first-order valence-corrected chi connectivity index (χ1v) is 8.49. The summed E-state index contributed by atoms with van der Waals surface area (Å²) in [4.78, 5) is 0. The van der Waals surface area contributed by atoms with Gasteiger partial charge in [0.25, 0.3) is 0 Å². The molecule has 3 unspecified atom stereocenters. The Morgan fingerprint density at radius 2 is 2.00 bits per heavy atom.